The highest BCUT2D eigenvalue weighted by Gasteiger charge is 2.45. The molecule has 2 atom stereocenters. The van der Waals surface area contributed by atoms with Crippen LogP contribution in [0.15, 0.2) is 11.6 Å². The highest BCUT2D eigenvalue weighted by molar-refractivity contribution is 6.03. The maximum atomic E-state index is 12.1. The molecule has 0 aromatic carbocycles. The number of nitrogens with one attached hydrogen (secondary N) is 1. The fourth-order valence-electron chi connectivity index (χ4n) is 3.06. The molecule has 0 aromatic heterocycles. The molecule has 1 aliphatic carbocycles. The van der Waals surface area contributed by atoms with Crippen molar-refractivity contribution >= 4 is 5.78 Å². The molecule has 0 radical (unpaired) electrons. The standard InChI is InChI=1S/C13H18N2O/c1-13(2)11-4-6-15-5-3-9(11)7-10(8-14)12(13)16/h7,9,11,15H,3-6H2,1-2H3. The van der Waals surface area contributed by atoms with Crippen molar-refractivity contribution in [3.05, 3.63) is 11.6 Å². The fraction of sp³-hybridized carbons (Fsp3) is 0.692. The number of ketones is 1. The maximum absolute atomic E-state index is 12.1. The summed E-state index contributed by atoms with van der Waals surface area (Å²) in [7, 11) is 0. The van der Waals surface area contributed by atoms with Gasteiger partial charge in [-0.05, 0) is 37.8 Å². The molecular formula is C13H18N2O. The SMILES string of the molecule is CC1(C)C(=O)C(C#N)=CC2CCNCCC21. The van der Waals surface area contributed by atoms with E-state index in [1.165, 1.54) is 0 Å². The van der Waals surface area contributed by atoms with E-state index in [1.54, 1.807) is 0 Å². The number of allylic oxidation sites excluding steroid dienone is 2. The molecule has 1 saturated heterocycles. The molecule has 2 rings (SSSR count). The molecular weight excluding hydrogens is 200 g/mol. The summed E-state index contributed by atoms with van der Waals surface area (Å²) >= 11 is 0. The van der Waals surface area contributed by atoms with Gasteiger partial charge >= 0.3 is 0 Å². The lowest BCUT2D eigenvalue weighted by Crippen LogP contribution is -2.41. The topological polar surface area (TPSA) is 52.9 Å². The molecule has 0 aromatic rings. The first-order chi connectivity index (χ1) is 7.57. The zero-order chi connectivity index (χ0) is 11.8. The van der Waals surface area contributed by atoms with Crippen LogP contribution in [0, 0.1) is 28.6 Å². The first-order valence-electron chi connectivity index (χ1n) is 5.95. The summed E-state index contributed by atoms with van der Waals surface area (Å²) < 4.78 is 0. The summed E-state index contributed by atoms with van der Waals surface area (Å²) in [5.41, 5.74) is -0.00981. The summed E-state index contributed by atoms with van der Waals surface area (Å²) in [6, 6.07) is 2.05. The van der Waals surface area contributed by atoms with Gasteiger partial charge in [-0.3, -0.25) is 4.79 Å². The zero-order valence-corrected chi connectivity index (χ0v) is 9.92. The second-order valence-electron chi connectivity index (χ2n) is 5.34. The molecule has 1 fully saturated rings. The van der Waals surface area contributed by atoms with Crippen LogP contribution < -0.4 is 5.32 Å². The van der Waals surface area contributed by atoms with Crippen LogP contribution in [0.2, 0.25) is 0 Å². The maximum Gasteiger partial charge on any atom is 0.178 e. The Labute approximate surface area is 96.5 Å². The predicted octanol–water partition coefficient (Wildman–Crippen LogP) is 1.66. The van der Waals surface area contributed by atoms with E-state index in [-0.39, 0.29) is 11.2 Å². The number of rotatable bonds is 0. The fourth-order valence-corrected chi connectivity index (χ4v) is 3.06. The third-order valence-corrected chi connectivity index (χ3v) is 4.06. The van der Waals surface area contributed by atoms with Gasteiger partial charge in [0.15, 0.2) is 5.78 Å². The van der Waals surface area contributed by atoms with Crippen molar-refractivity contribution < 1.29 is 4.79 Å². The molecule has 0 bridgehead atoms. The van der Waals surface area contributed by atoms with Crippen LogP contribution in [0.25, 0.3) is 0 Å². The van der Waals surface area contributed by atoms with E-state index >= 15 is 0 Å². The van der Waals surface area contributed by atoms with Gasteiger partial charge in [-0.2, -0.15) is 5.26 Å². The molecule has 0 saturated carbocycles. The van der Waals surface area contributed by atoms with Crippen molar-refractivity contribution in [1.82, 2.24) is 5.32 Å². The third-order valence-electron chi connectivity index (χ3n) is 4.06. The molecule has 0 amide bonds. The van der Waals surface area contributed by atoms with E-state index in [1.807, 2.05) is 19.9 Å². The molecule has 1 heterocycles. The highest BCUT2D eigenvalue weighted by atomic mass is 16.1. The van der Waals surface area contributed by atoms with Gasteiger partial charge < -0.3 is 5.32 Å². The molecule has 0 spiro atoms. The molecule has 2 aliphatic rings. The first-order valence-corrected chi connectivity index (χ1v) is 5.95. The van der Waals surface area contributed by atoms with Crippen LogP contribution in [0.4, 0.5) is 0 Å². The molecule has 1 N–H and O–H groups in total. The van der Waals surface area contributed by atoms with Crippen LogP contribution >= 0.6 is 0 Å². The van der Waals surface area contributed by atoms with E-state index in [0.717, 1.165) is 25.9 Å². The van der Waals surface area contributed by atoms with Gasteiger partial charge in [-0.25, -0.2) is 0 Å². The Kier molecular flexibility index (Phi) is 2.86. The number of fused-ring (bicyclic) bond motifs is 1. The Morgan fingerprint density at radius 1 is 1.44 bits per heavy atom. The number of carbonyl (C=O) groups excluding carboxylic acids is 1. The lowest BCUT2D eigenvalue weighted by molar-refractivity contribution is -0.127. The number of carbonyl (C=O) groups is 1. The average molecular weight is 218 g/mol. The minimum atomic E-state index is -0.378. The van der Waals surface area contributed by atoms with Gasteiger partial charge in [-0.15, -0.1) is 0 Å². The molecule has 86 valence electrons. The lowest BCUT2D eigenvalue weighted by atomic mass is 9.62. The quantitative estimate of drug-likeness (QED) is 0.672. The molecule has 1 aliphatic heterocycles. The normalized spacial score (nSPS) is 33.3. The van der Waals surface area contributed by atoms with Gasteiger partial charge in [0, 0.05) is 5.41 Å². The smallest absolute Gasteiger partial charge is 0.178 e. The third kappa shape index (κ3) is 1.68. The Morgan fingerprint density at radius 2 is 2.12 bits per heavy atom. The van der Waals surface area contributed by atoms with E-state index in [0.29, 0.717) is 17.4 Å². The number of Topliss-reactive ketones (excluding diaryl/α,β-unsaturated/α-hetero) is 1. The summed E-state index contributed by atoms with van der Waals surface area (Å²) in [5, 5.41) is 12.4. The van der Waals surface area contributed by atoms with Crippen LogP contribution in [0.5, 0.6) is 0 Å². The Morgan fingerprint density at radius 3 is 2.81 bits per heavy atom. The van der Waals surface area contributed by atoms with Gasteiger partial charge in [0.25, 0.3) is 0 Å². The van der Waals surface area contributed by atoms with Crippen LogP contribution in [0.1, 0.15) is 26.7 Å². The minimum absolute atomic E-state index is 0.0261. The minimum Gasteiger partial charge on any atom is -0.317 e. The van der Waals surface area contributed by atoms with Gasteiger partial charge in [0.05, 0.1) is 5.57 Å². The van der Waals surface area contributed by atoms with E-state index in [9.17, 15) is 4.79 Å². The zero-order valence-electron chi connectivity index (χ0n) is 9.92. The molecule has 3 heteroatoms. The number of nitriles is 1. The summed E-state index contributed by atoms with van der Waals surface area (Å²) in [4.78, 5) is 12.1. The Hall–Kier alpha value is -1.14. The second kappa shape index (κ2) is 4.03. The van der Waals surface area contributed by atoms with Crippen molar-refractivity contribution in [2.75, 3.05) is 13.1 Å². The van der Waals surface area contributed by atoms with Gasteiger partial charge in [-0.1, -0.05) is 19.9 Å². The second-order valence-corrected chi connectivity index (χ2v) is 5.34. The molecule has 16 heavy (non-hydrogen) atoms. The van der Waals surface area contributed by atoms with Crippen molar-refractivity contribution in [1.29, 1.82) is 5.26 Å². The number of nitrogens with zero attached hydrogens (tertiary/aromatic N) is 1. The Balaban J connectivity index is 2.40. The van der Waals surface area contributed by atoms with Crippen molar-refractivity contribution in [2.45, 2.75) is 26.7 Å². The van der Waals surface area contributed by atoms with E-state index in [2.05, 4.69) is 11.4 Å². The van der Waals surface area contributed by atoms with Gasteiger partial charge in [0.2, 0.25) is 0 Å². The number of hydrogen-bond donors (Lipinski definition) is 1. The highest BCUT2D eigenvalue weighted by Crippen LogP contribution is 2.44. The average Bonchev–Trinajstić information content (AvgIpc) is 2.49. The van der Waals surface area contributed by atoms with Crippen LogP contribution in [0.3, 0.4) is 0 Å². The van der Waals surface area contributed by atoms with Crippen LogP contribution in [-0.2, 0) is 4.79 Å². The van der Waals surface area contributed by atoms with Crippen molar-refractivity contribution in [2.24, 2.45) is 17.3 Å². The summed E-state index contributed by atoms with van der Waals surface area (Å²) in [6.07, 6.45) is 3.97. The molecule has 3 nitrogen and oxygen atoms in total. The summed E-state index contributed by atoms with van der Waals surface area (Å²) in [5.74, 6) is 0.794. The van der Waals surface area contributed by atoms with Crippen LogP contribution in [-0.4, -0.2) is 18.9 Å². The lowest BCUT2D eigenvalue weighted by Gasteiger charge is -2.39. The number of hydrogen-bond acceptors (Lipinski definition) is 3. The van der Waals surface area contributed by atoms with Crippen molar-refractivity contribution in [3.63, 3.8) is 0 Å². The predicted molar refractivity (Wildman–Crippen MR) is 61.6 cm³/mol. The van der Waals surface area contributed by atoms with Gasteiger partial charge in [0.1, 0.15) is 6.07 Å². The molecule has 2 unspecified atom stereocenters. The van der Waals surface area contributed by atoms with Crippen molar-refractivity contribution in [3.8, 4) is 6.07 Å². The van der Waals surface area contributed by atoms with E-state index in [4.69, 9.17) is 5.26 Å². The largest absolute Gasteiger partial charge is 0.317 e. The monoisotopic (exact) mass is 218 g/mol. The Bertz CT molecular complexity index is 376. The first kappa shape index (κ1) is 11.3. The van der Waals surface area contributed by atoms with E-state index < -0.39 is 0 Å². The summed E-state index contributed by atoms with van der Waals surface area (Å²) in [6.45, 7) is 5.94.